The summed E-state index contributed by atoms with van der Waals surface area (Å²) in [4.78, 5) is 0. The third-order valence-electron chi connectivity index (χ3n) is 1.46. The van der Waals surface area contributed by atoms with Gasteiger partial charge in [-0.3, -0.25) is 0 Å². The molecule has 1 saturated heterocycles. The van der Waals surface area contributed by atoms with E-state index in [4.69, 9.17) is 4.74 Å². The van der Waals surface area contributed by atoms with Gasteiger partial charge in [0.15, 0.2) is 0 Å². The molecule has 0 saturated carbocycles. The van der Waals surface area contributed by atoms with Crippen molar-refractivity contribution in [3.05, 3.63) is 7.16 Å². The largest absolute Gasteiger partial charge is 0.376 e. The first-order chi connectivity index (χ1) is 4.22. The zero-order valence-corrected chi connectivity index (χ0v) is 9.47. The molecule has 1 rings (SSSR count). The van der Waals surface area contributed by atoms with Crippen LogP contribution >= 0.6 is 45.2 Å². The fourth-order valence-corrected chi connectivity index (χ4v) is 2.20. The van der Waals surface area contributed by atoms with Gasteiger partial charge in [-0.05, 0) is 50.8 Å². The van der Waals surface area contributed by atoms with Crippen LogP contribution in [-0.4, -0.2) is 13.2 Å². The lowest BCUT2D eigenvalue weighted by atomic mass is 10.1. The third kappa shape index (κ3) is 2.04. The quantitative estimate of drug-likeness (QED) is 0.611. The van der Waals surface area contributed by atoms with Crippen molar-refractivity contribution in [2.75, 3.05) is 13.2 Å². The van der Waals surface area contributed by atoms with Crippen LogP contribution in [0.2, 0.25) is 0 Å². The minimum atomic E-state index is 0.647. The van der Waals surface area contributed by atoms with Gasteiger partial charge in [0, 0.05) is 5.92 Å². The van der Waals surface area contributed by atoms with Crippen LogP contribution in [0.5, 0.6) is 0 Å². The Kier molecular flexibility index (Phi) is 3.23. The van der Waals surface area contributed by atoms with E-state index in [0.717, 1.165) is 13.2 Å². The first-order valence-electron chi connectivity index (χ1n) is 2.83. The number of rotatable bonds is 0. The minimum Gasteiger partial charge on any atom is -0.376 e. The predicted octanol–water partition coefficient (Wildman–Crippen LogP) is 2.73. The van der Waals surface area contributed by atoms with Crippen molar-refractivity contribution >= 4 is 45.2 Å². The average molecular weight is 350 g/mol. The molecular formula is C6H8I2O. The summed E-state index contributed by atoms with van der Waals surface area (Å²) >= 11 is 4.69. The van der Waals surface area contributed by atoms with E-state index in [1.807, 2.05) is 0 Å². The highest BCUT2D eigenvalue weighted by Crippen LogP contribution is 2.29. The topological polar surface area (TPSA) is 9.23 Å². The first kappa shape index (κ1) is 8.26. The number of ether oxygens (including phenoxy) is 1. The van der Waals surface area contributed by atoms with Gasteiger partial charge in [-0.1, -0.05) is 6.92 Å². The van der Waals surface area contributed by atoms with E-state index in [0.29, 0.717) is 5.92 Å². The van der Waals surface area contributed by atoms with Crippen molar-refractivity contribution in [2.45, 2.75) is 6.92 Å². The van der Waals surface area contributed by atoms with Gasteiger partial charge in [0.2, 0.25) is 0 Å². The van der Waals surface area contributed by atoms with Gasteiger partial charge >= 0.3 is 0 Å². The Balaban J connectivity index is 2.70. The lowest BCUT2D eigenvalue weighted by molar-refractivity contribution is 0.191. The highest BCUT2D eigenvalue weighted by molar-refractivity contribution is 14.2. The average Bonchev–Trinajstić information content (AvgIpc) is 2.13. The van der Waals surface area contributed by atoms with Crippen molar-refractivity contribution in [1.29, 1.82) is 0 Å². The van der Waals surface area contributed by atoms with Gasteiger partial charge in [-0.25, -0.2) is 0 Å². The molecule has 1 nitrogen and oxygen atoms in total. The van der Waals surface area contributed by atoms with Crippen LogP contribution in [0.4, 0.5) is 0 Å². The van der Waals surface area contributed by atoms with Crippen LogP contribution in [-0.2, 0) is 4.74 Å². The van der Waals surface area contributed by atoms with E-state index < -0.39 is 0 Å². The fraction of sp³-hybridized carbons (Fsp3) is 0.667. The molecule has 0 aromatic carbocycles. The lowest BCUT2D eigenvalue weighted by Crippen LogP contribution is -1.94. The standard InChI is InChI=1S/C6H8I2O/c1-4-2-9-3-5(4)6(7)8/h4H,2-3H2,1H3. The van der Waals surface area contributed by atoms with Crippen molar-refractivity contribution in [3.63, 3.8) is 0 Å². The van der Waals surface area contributed by atoms with Crippen molar-refractivity contribution in [3.8, 4) is 0 Å². The van der Waals surface area contributed by atoms with E-state index in [2.05, 4.69) is 52.1 Å². The van der Waals surface area contributed by atoms with E-state index in [9.17, 15) is 0 Å². The summed E-state index contributed by atoms with van der Waals surface area (Å²) < 4.78 is 6.63. The second-order valence-electron chi connectivity index (χ2n) is 2.20. The van der Waals surface area contributed by atoms with Crippen LogP contribution in [0.25, 0.3) is 0 Å². The summed E-state index contributed by atoms with van der Waals surface area (Å²) in [7, 11) is 0. The summed E-state index contributed by atoms with van der Waals surface area (Å²) in [6.07, 6.45) is 0. The molecular weight excluding hydrogens is 342 g/mol. The smallest absolute Gasteiger partial charge is 0.0698 e. The zero-order chi connectivity index (χ0) is 6.85. The molecule has 0 aliphatic carbocycles. The summed E-state index contributed by atoms with van der Waals surface area (Å²) in [6, 6.07) is 0. The zero-order valence-electron chi connectivity index (χ0n) is 5.16. The molecule has 0 spiro atoms. The van der Waals surface area contributed by atoms with Gasteiger partial charge in [-0.2, -0.15) is 0 Å². The number of hydrogen-bond acceptors (Lipinski definition) is 1. The molecule has 1 aliphatic rings. The van der Waals surface area contributed by atoms with Gasteiger partial charge in [0.05, 0.1) is 14.8 Å². The fourth-order valence-electron chi connectivity index (χ4n) is 0.829. The second kappa shape index (κ2) is 3.52. The van der Waals surface area contributed by atoms with Gasteiger partial charge in [0.25, 0.3) is 0 Å². The highest BCUT2D eigenvalue weighted by Gasteiger charge is 2.18. The Hall–Kier alpha value is 1.16. The lowest BCUT2D eigenvalue weighted by Gasteiger charge is -1.99. The molecule has 0 radical (unpaired) electrons. The molecule has 3 heteroatoms. The van der Waals surface area contributed by atoms with Crippen molar-refractivity contribution < 1.29 is 4.74 Å². The van der Waals surface area contributed by atoms with Crippen LogP contribution in [0.1, 0.15) is 6.92 Å². The molecule has 1 unspecified atom stereocenters. The van der Waals surface area contributed by atoms with Crippen molar-refractivity contribution in [1.82, 2.24) is 0 Å². The van der Waals surface area contributed by atoms with E-state index >= 15 is 0 Å². The molecule has 1 heterocycles. The van der Waals surface area contributed by atoms with Crippen LogP contribution < -0.4 is 0 Å². The molecule has 0 aromatic rings. The van der Waals surface area contributed by atoms with E-state index in [1.54, 1.807) is 0 Å². The summed E-state index contributed by atoms with van der Waals surface area (Å²) in [6.45, 7) is 3.97. The van der Waals surface area contributed by atoms with Gasteiger partial charge in [-0.15, -0.1) is 0 Å². The Labute approximate surface area is 82.5 Å². The van der Waals surface area contributed by atoms with Crippen LogP contribution in [0.15, 0.2) is 7.16 Å². The summed E-state index contributed by atoms with van der Waals surface area (Å²) in [5.74, 6) is 0.647. The molecule has 1 fully saturated rings. The first-order valence-corrected chi connectivity index (χ1v) is 4.99. The molecule has 52 valence electrons. The van der Waals surface area contributed by atoms with Gasteiger partial charge < -0.3 is 4.74 Å². The van der Waals surface area contributed by atoms with E-state index in [-0.39, 0.29) is 0 Å². The predicted molar refractivity (Wildman–Crippen MR) is 55.0 cm³/mol. The SMILES string of the molecule is CC1COCC1=C(I)I. The molecule has 0 amide bonds. The monoisotopic (exact) mass is 350 g/mol. The molecule has 9 heavy (non-hydrogen) atoms. The molecule has 1 aliphatic heterocycles. The molecule has 0 aromatic heterocycles. The number of halogens is 2. The van der Waals surface area contributed by atoms with Crippen LogP contribution in [0, 0.1) is 5.92 Å². The Morgan fingerprint density at radius 2 is 2.33 bits per heavy atom. The minimum absolute atomic E-state index is 0.647. The third-order valence-corrected chi connectivity index (χ3v) is 2.85. The second-order valence-corrected chi connectivity index (χ2v) is 6.42. The highest BCUT2D eigenvalue weighted by atomic mass is 127. The Bertz CT molecular complexity index is 138. The maximum atomic E-state index is 5.26. The maximum absolute atomic E-state index is 5.26. The molecule has 0 N–H and O–H groups in total. The summed E-state index contributed by atoms with van der Waals surface area (Å²) in [5.41, 5.74) is 1.47. The van der Waals surface area contributed by atoms with Crippen LogP contribution in [0.3, 0.4) is 0 Å². The van der Waals surface area contributed by atoms with Gasteiger partial charge in [0.1, 0.15) is 0 Å². The molecule has 0 bridgehead atoms. The Morgan fingerprint density at radius 3 is 2.56 bits per heavy atom. The maximum Gasteiger partial charge on any atom is 0.0698 e. The summed E-state index contributed by atoms with van der Waals surface area (Å²) in [5, 5.41) is 0. The van der Waals surface area contributed by atoms with E-state index in [1.165, 1.54) is 7.16 Å². The Morgan fingerprint density at radius 1 is 1.67 bits per heavy atom. The number of hydrogen-bond donors (Lipinski definition) is 0. The van der Waals surface area contributed by atoms with Crippen molar-refractivity contribution in [2.24, 2.45) is 5.92 Å². The molecule has 1 atom stereocenters. The normalized spacial score (nSPS) is 27.0.